The van der Waals surface area contributed by atoms with Gasteiger partial charge < -0.3 is 4.98 Å². The van der Waals surface area contributed by atoms with Gasteiger partial charge >= 0.3 is 0 Å². The summed E-state index contributed by atoms with van der Waals surface area (Å²) in [7, 11) is 0. The van der Waals surface area contributed by atoms with E-state index in [0.717, 1.165) is 27.0 Å². The molecule has 158 valence electrons. The summed E-state index contributed by atoms with van der Waals surface area (Å²) >= 11 is 1.42. The van der Waals surface area contributed by atoms with E-state index in [0.29, 0.717) is 5.69 Å². The Kier molecular flexibility index (Phi) is 5.37. The highest BCUT2D eigenvalue weighted by Gasteiger charge is 2.40. The number of aromatic nitrogens is 1. The molecular weight excluding hydrogens is 418 g/mol. The number of rotatable bonds is 5. The van der Waals surface area contributed by atoms with Crippen LogP contribution in [0.15, 0.2) is 88.9 Å². The van der Waals surface area contributed by atoms with Gasteiger partial charge in [0.25, 0.3) is 0 Å². The third kappa shape index (κ3) is 4.09. The normalized spacial score (nSPS) is 16.5. The van der Waals surface area contributed by atoms with Crippen molar-refractivity contribution >= 4 is 52.1 Å². The molecule has 1 fully saturated rings. The van der Waals surface area contributed by atoms with Crippen molar-refractivity contribution in [1.82, 2.24) is 4.98 Å². The number of hydrogen-bond acceptors (Lipinski definition) is 4. The largest absolute Gasteiger partial charge is 0.361 e. The highest BCUT2D eigenvalue weighted by atomic mass is 32.2. The Bertz CT molecular complexity index is 1340. The van der Waals surface area contributed by atoms with E-state index in [1.807, 2.05) is 73.1 Å². The van der Waals surface area contributed by atoms with Gasteiger partial charge in [0.05, 0.1) is 16.6 Å². The van der Waals surface area contributed by atoms with Crippen molar-refractivity contribution < 1.29 is 9.59 Å². The molecule has 0 aliphatic carbocycles. The van der Waals surface area contributed by atoms with Gasteiger partial charge in [0, 0.05) is 29.2 Å². The van der Waals surface area contributed by atoms with E-state index in [-0.39, 0.29) is 18.2 Å². The molecule has 5 rings (SSSR count). The van der Waals surface area contributed by atoms with E-state index in [1.165, 1.54) is 22.2 Å². The van der Waals surface area contributed by atoms with Crippen molar-refractivity contribution in [2.45, 2.75) is 23.5 Å². The van der Waals surface area contributed by atoms with Gasteiger partial charge in [0.2, 0.25) is 11.8 Å². The number of hydrogen-bond donors (Lipinski definition) is 1. The molecule has 0 bridgehead atoms. The molecule has 4 aromatic rings. The maximum absolute atomic E-state index is 13.0. The zero-order chi connectivity index (χ0) is 22.1. The number of imide groups is 1. The number of thioether (sulfide) groups is 1. The van der Waals surface area contributed by atoms with Crippen molar-refractivity contribution in [3.63, 3.8) is 0 Å². The van der Waals surface area contributed by atoms with Crippen LogP contribution >= 0.6 is 11.8 Å². The number of aromatic amines is 1. The minimum Gasteiger partial charge on any atom is -0.361 e. The number of amides is 2. The zero-order valence-electron chi connectivity index (χ0n) is 17.5. The topological polar surface area (TPSA) is 65.5 Å². The van der Waals surface area contributed by atoms with E-state index in [9.17, 15) is 9.59 Å². The summed E-state index contributed by atoms with van der Waals surface area (Å²) in [5, 5.41) is 0.618. The first kappa shape index (κ1) is 20.3. The summed E-state index contributed by atoms with van der Waals surface area (Å²) in [4.78, 5) is 35.5. The summed E-state index contributed by atoms with van der Waals surface area (Å²) in [6, 6.07) is 23.4. The van der Waals surface area contributed by atoms with Gasteiger partial charge in [-0.1, -0.05) is 35.9 Å². The number of benzene rings is 3. The number of fused-ring (bicyclic) bond motifs is 1. The molecule has 6 heteroatoms. The number of nitrogens with zero attached hydrogens (tertiary/aromatic N) is 2. The molecule has 2 heterocycles. The number of nitrogens with one attached hydrogen (secondary N) is 1. The minimum absolute atomic E-state index is 0.169. The van der Waals surface area contributed by atoms with Crippen LogP contribution in [-0.2, 0) is 9.59 Å². The average Bonchev–Trinajstić information content (AvgIpc) is 3.36. The summed E-state index contributed by atoms with van der Waals surface area (Å²) in [5.41, 5.74) is 4.60. The lowest BCUT2D eigenvalue weighted by molar-refractivity contribution is -0.121. The first-order valence-corrected chi connectivity index (χ1v) is 11.3. The minimum atomic E-state index is -0.427. The lowest BCUT2D eigenvalue weighted by atomic mass is 10.1. The molecule has 2 amide bonds. The molecule has 0 saturated carbocycles. The molecule has 1 saturated heterocycles. The molecule has 0 spiro atoms. The van der Waals surface area contributed by atoms with Crippen LogP contribution in [0.5, 0.6) is 0 Å². The van der Waals surface area contributed by atoms with Crippen LogP contribution in [0.2, 0.25) is 0 Å². The van der Waals surface area contributed by atoms with E-state index in [4.69, 9.17) is 0 Å². The van der Waals surface area contributed by atoms with Crippen molar-refractivity contribution in [3.8, 4) is 0 Å². The van der Waals surface area contributed by atoms with Gasteiger partial charge in [-0.15, -0.1) is 11.8 Å². The average molecular weight is 440 g/mol. The second kappa shape index (κ2) is 8.48. The van der Waals surface area contributed by atoms with Crippen LogP contribution in [0.25, 0.3) is 10.9 Å². The molecule has 5 nitrogen and oxygen atoms in total. The molecule has 1 atom stereocenters. The van der Waals surface area contributed by atoms with E-state index in [2.05, 4.69) is 29.0 Å². The molecular formula is C26H21N3O2S. The summed E-state index contributed by atoms with van der Waals surface area (Å²) in [6.45, 7) is 2.05. The monoisotopic (exact) mass is 439 g/mol. The third-order valence-corrected chi connectivity index (χ3v) is 6.62. The third-order valence-electron chi connectivity index (χ3n) is 5.42. The quantitative estimate of drug-likeness (QED) is 0.323. The van der Waals surface area contributed by atoms with Gasteiger partial charge in [-0.05, 0) is 60.3 Å². The second-order valence-electron chi connectivity index (χ2n) is 7.79. The lowest BCUT2D eigenvalue weighted by Gasteiger charge is -2.15. The number of H-pyrrole nitrogens is 1. The Hall–Kier alpha value is -3.64. The summed E-state index contributed by atoms with van der Waals surface area (Å²) in [5.74, 6) is -0.342. The molecule has 32 heavy (non-hydrogen) atoms. The first-order chi connectivity index (χ1) is 15.6. The van der Waals surface area contributed by atoms with Gasteiger partial charge in [-0.3, -0.25) is 14.6 Å². The smallest absolute Gasteiger partial charge is 0.247 e. The predicted molar refractivity (Wildman–Crippen MR) is 130 cm³/mol. The van der Waals surface area contributed by atoms with Gasteiger partial charge in [0.1, 0.15) is 0 Å². The standard InChI is InChI=1S/C26H21N3O2S/c1-17-3-2-4-18(13-17)16-28-20-6-9-22(10-7-20)32-24-15-25(30)29(26(24)31)21-8-5-19-11-12-27-23(19)14-21/h2-14,16,24,27H,15H2,1H3. The van der Waals surface area contributed by atoms with Gasteiger partial charge in [0.15, 0.2) is 0 Å². The van der Waals surface area contributed by atoms with Crippen LogP contribution in [0, 0.1) is 6.92 Å². The first-order valence-electron chi connectivity index (χ1n) is 10.4. The number of carbonyl (C=O) groups excluding carboxylic acids is 2. The van der Waals surface area contributed by atoms with Crippen molar-refractivity contribution in [1.29, 1.82) is 0 Å². The zero-order valence-corrected chi connectivity index (χ0v) is 18.3. The van der Waals surface area contributed by atoms with Crippen molar-refractivity contribution in [3.05, 3.63) is 90.1 Å². The van der Waals surface area contributed by atoms with Crippen LogP contribution in [0.4, 0.5) is 11.4 Å². The SMILES string of the molecule is Cc1cccc(C=Nc2ccc(SC3CC(=O)N(c4ccc5cc[nH]c5c4)C3=O)cc2)c1. The highest BCUT2D eigenvalue weighted by Crippen LogP contribution is 2.35. The Labute approximate surface area is 190 Å². The summed E-state index contributed by atoms with van der Waals surface area (Å²) < 4.78 is 0. The van der Waals surface area contributed by atoms with Crippen LogP contribution in [-0.4, -0.2) is 28.3 Å². The fraction of sp³-hybridized carbons (Fsp3) is 0.115. The lowest BCUT2D eigenvalue weighted by Crippen LogP contribution is -2.31. The molecule has 1 aromatic heterocycles. The van der Waals surface area contributed by atoms with Crippen LogP contribution < -0.4 is 4.90 Å². The Morgan fingerprint density at radius 1 is 1.03 bits per heavy atom. The number of anilines is 1. The molecule has 1 aliphatic heterocycles. The molecule has 0 radical (unpaired) electrons. The Morgan fingerprint density at radius 3 is 2.69 bits per heavy atom. The number of aryl methyl sites for hydroxylation is 1. The maximum atomic E-state index is 13.0. The maximum Gasteiger partial charge on any atom is 0.247 e. The van der Waals surface area contributed by atoms with E-state index in [1.54, 1.807) is 0 Å². The highest BCUT2D eigenvalue weighted by molar-refractivity contribution is 8.00. The molecule has 1 unspecified atom stereocenters. The Morgan fingerprint density at radius 2 is 1.88 bits per heavy atom. The fourth-order valence-electron chi connectivity index (χ4n) is 3.82. The van der Waals surface area contributed by atoms with Crippen molar-refractivity contribution in [2.75, 3.05) is 4.90 Å². The molecule has 1 N–H and O–H groups in total. The number of carbonyl (C=O) groups is 2. The van der Waals surface area contributed by atoms with Crippen molar-refractivity contribution in [2.24, 2.45) is 4.99 Å². The van der Waals surface area contributed by atoms with E-state index >= 15 is 0 Å². The number of aliphatic imine (C=N–C) groups is 1. The fourth-order valence-corrected chi connectivity index (χ4v) is 4.87. The summed E-state index contributed by atoms with van der Waals surface area (Å²) in [6.07, 6.45) is 3.88. The predicted octanol–water partition coefficient (Wildman–Crippen LogP) is 5.65. The second-order valence-corrected chi connectivity index (χ2v) is 9.07. The Balaban J connectivity index is 1.28. The molecule has 3 aromatic carbocycles. The van der Waals surface area contributed by atoms with Gasteiger partial charge in [-0.25, -0.2) is 4.90 Å². The van der Waals surface area contributed by atoms with Crippen LogP contribution in [0.3, 0.4) is 0 Å². The molecule has 1 aliphatic rings. The van der Waals surface area contributed by atoms with E-state index < -0.39 is 5.25 Å². The van der Waals surface area contributed by atoms with Crippen LogP contribution in [0.1, 0.15) is 17.5 Å². The van der Waals surface area contributed by atoms with Gasteiger partial charge in [-0.2, -0.15) is 0 Å².